The Morgan fingerprint density at radius 2 is 1.18 bits per heavy atom. The predicted molar refractivity (Wildman–Crippen MR) is 46.0 cm³/mol. The van der Waals surface area contributed by atoms with E-state index in [1.165, 1.54) is 0 Å². The van der Waals surface area contributed by atoms with Gasteiger partial charge in [0.15, 0.2) is 6.10 Å². The molecule has 1 unspecified atom stereocenters. The van der Waals surface area contributed by atoms with Gasteiger partial charge in [-0.3, -0.25) is 0 Å². The second-order valence-electron chi connectivity index (χ2n) is 3.92. The quantitative estimate of drug-likeness (QED) is 0.765. The fourth-order valence-corrected chi connectivity index (χ4v) is 1.09. The third kappa shape index (κ3) is 2.86. The zero-order valence-corrected chi connectivity index (χ0v) is 10.1. The summed E-state index contributed by atoms with van der Waals surface area (Å²) in [4.78, 5) is 10.1. The Labute approximate surface area is 114 Å². The molecule has 132 valence electrons. The highest BCUT2D eigenvalue weighted by atomic mass is 19.4. The van der Waals surface area contributed by atoms with Crippen molar-refractivity contribution in [2.45, 2.75) is 42.9 Å². The standard InChI is InChI=1S/C8H6F11NO2/c1-2(22-3(20)21)4(9,10)5(11,12)6(13,14)7(15,16)8(17,18)19/h2H,1H3,(H2,20,21). The first-order chi connectivity index (χ1) is 9.34. The molecule has 0 aliphatic heterocycles. The Hall–Kier alpha value is -1.50. The third-order valence-electron chi connectivity index (χ3n) is 2.37. The smallest absolute Gasteiger partial charge is 0.440 e. The van der Waals surface area contributed by atoms with E-state index in [0.29, 0.717) is 0 Å². The highest BCUT2D eigenvalue weighted by Crippen LogP contribution is 2.58. The maximum absolute atomic E-state index is 13.1. The van der Waals surface area contributed by atoms with Gasteiger partial charge in [-0.05, 0) is 6.92 Å². The maximum atomic E-state index is 13.1. The first-order valence-electron chi connectivity index (χ1n) is 4.88. The highest BCUT2D eigenvalue weighted by Gasteiger charge is 2.88. The van der Waals surface area contributed by atoms with Crippen LogP contribution in [0.15, 0.2) is 0 Å². The lowest BCUT2D eigenvalue weighted by atomic mass is 9.95. The van der Waals surface area contributed by atoms with Crippen LogP contribution in [-0.4, -0.2) is 42.1 Å². The molecule has 0 spiro atoms. The summed E-state index contributed by atoms with van der Waals surface area (Å²) in [6.45, 7) is -0.152. The van der Waals surface area contributed by atoms with Crippen LogP contribution in [0.2, 0.25) is 0 Å². The first kappa shape index (κ1) is 20.5. The van der Waals surface area contributed by atoms with Crippen molar-refractivity contribution in [1.29, 1.82) is 0 Å². The zero-order valence-electron chi connectivity index (χ0n) is 10.1. The first-order valence-corrected chi connectivity index (χ1v) is 4.88. The van der Waals surface area contributed by atoms with E-state index in [1.54, 1.807) is 0 Å². The van der Waals surface area contributed by atoms with Crippen LogP contribution in [0.5, 0.6) is 0 Å². The third-order valence-corrected chi connectivity index (χ3v) is 2.37. The van der Waals surface area contributed by atoms with Crippen LogP contribution >= 0.6 is 0 Å². The van der Waals surface area contributed by atoms with Crippen LogP contribution in [0.4, 0.5) is 53.1 Å². The molecule has 1 amide bonds. The molecule has 0 radical (unpaired) electrons. The highest BCUT2D eigenvalue weighted by molar-refractivity contribution is 5.64. The average molecular weight is 357 g/mol. The summed E-state index contributed by atoms with van der Waals surface area (Å²) in [5.41, 5.74) is 4.14. The lowest BCUT2D eigenvalue weighted by Gasteiger charge is -2.38. The van der Waals surface area contributed by atoms with Gasteiger partial charge in [0.25, 0.3) is 0 Å². The van der Waals surface area contributed by atoms with E-state index in [9.17, 15) is 53.1 Å². The minimum atomic E-state index is -7.54. The molecule has 0 aromatic heterocycles. The molecule has 0 fully saturated rings. The van der Waals surface area contributed by atoms with Gasteiger partial charge < -0.3 is 10.5 Å². The fraction of sp³-hybridized carbons (Fsp3) is 0.875. The Balaban J connectivity index is 5.94. The molecule has 3 nitrogen and oxygen atoms in total. The Kier molecular flexibility index (Phi) is 4.93. The van der Waals surface area contributed by atoms with Gasteiger partial charge in [0.05, 0.1) is 0 Å². The summed E-state index contributed by atoms with van der Waals surface area (Å²) in [7, 11) is 0. The lowest BCUT2D eigenvalue weighted by Crippen LogP contribution is -2.68. The van der Waals surface area contributed by atoms with Crippen LogP contribution in [0.3, 0.4) is 0 Å². The molecule has 0 aromatic rings. The van der Waals surface area contributed by atoms with Crippen LogP contribution < -0.4 is 5.73 Å². The van der Waals surface area contributed by atoms with E-state index in [0.717, 1.165) is 0 Å². The van der Waals surface area contributed by atoms with Crippen molar-refractivity contribution in [2.24, 2.45) is 5.73 Å². The number of primary amides is 1. The molecule has 0 saturated heterocycles. The van der Waals surface area contributed by atoms with Gasteiger partial charge in [0.2, 0.25) is 0 Å². The topological polar surface area (TPSA) is 52.3 Å². The minimum absolute atomic E-state index is 0.152. The second kappa shape index (κ2) is 5.30. The number of halogens is 11. The normalized spacial score (nSPS) is 16.4. The summed E-state index contributed by atoms with van der Waals surface area (Å²) in [5.74, 6) is -28.6. The molecular formula is C8H6F11NO2. The van der Waals surface area contributed by atoms with Crippen molar-refractivity contribution in [1.82, 2.24) is 0 Å². The van der Waals surface area contributed by atoms with Gasteiger partial charge in [-0.1, -0.05) is 0 Å². The molecule has 0 rings (SSSR count). The van der Waals surface area contributed by atoms with Crippen LogP contribution in [0.1, 0.15) is 6.92 Å². The Bertz CT molecular complexity index is 430. The van der Waals surface area contributed by atoms with Gasteiger partial charge in [0.1, 0.15) is 0 Å². The van der Waals surface area contributed by atoms with Gasteiger partial charge in [-0.15, -0.1) is 0 Å². The summed E-state index contributed by atoms with van der Waals surface area (Å²) in [6, 6.07) is 0. The molecule has 0 heterocycles. The van der Waals surface area contributed by atoms with E-state index in [2.05, 4.69) is 10.5 Å². The number of ether oxygens (including phenoxy) is 1. The molecule has 2 N–H and O–H groups in total. The second-order valence-corrected chi connectivity index (χ2v) is 3.92. The van der Waals surface area contributed by atoms with E-state index >= 15 is 0 Å². The van der Waals surface area contributed by atoms with Gasteiger partial charge in [-0.25, -0.2) is 4.79 Å². The number of nitrogens with two attached hydrogens (primary N) is 1. The summed E-state index contributed by atoms with van der Waals surface area (Å²) in [6.07, 6.45) is -12.9. The predicted octanol–water partition coefficient (Wildman–Crippen LogP) is 3.57. The molecule has 0 bridgehead atoms. The van der Waals surface area contributed by atoms with Crippen molar-refractivity contribution in [3.05, 3.63) is 0 Å². The molecule has 0 aromatic carbocycles. The molecule has 0 aliphatic rings. The van der Waals surface area contributed by atoms with Crippen LogP contribution in [-0.2, 0) is 4.74 Å². The molecule has 22 heavy (non-hydrogen) atoms. The summed E-state index contributed by atoms with van der Waals surface area (Å²) >= 11 is 0. The van der Waals surface area contributed by atoms with Crippen LogP contribution in [0.25, 0.3) is 0 Å². The monoisotopic (exact) mass is 357 g/mol. The van der Waals surface area contributed by atoms with E-state index in [4.69, 9.17) is 0 Å². The van der Waals surface area contributed by atoms with Gasteiger partial charge in [0, 0.05) is 0 Å². The Morgan fingerprint density at radius 1 is 0.818 bits per heavy atom. The van der Waals surface area contributed by atoms with Crippen molar-refractivity contribution >= 4 is 6.09 Å². The number of hydrogen-bond donors (Lipinski definition) is 1. The maximum Gasteiger partial charge on any atom is 0.460 e. The van der Waals surface area contributed by atoms with Crippen LogP contribution in [0, 0.1) is 0 Å². The van der Waals surface area contributed by atoms with Gasteiger partial charge >= 0.3 is 36.0 Å². The van der Waals surface area contributed by atoms with Crippen molar-refractivity contribution in [2.75, 3.05) is 0 Å². The van der Waals surface area contributed by atoms with Crippen molar-refractivity contribution in [3.63, 3.8) is 0 Å². The Morgan fingerprint density at radius 3 is 1.45 bits per heavy atom. The molecule has 1 atom stereocenters. The zero-order chi connectivity index (χ0) is 18.4. The van der Waals surface area contributed by atoms with E-state index in [-0.39, 0.29) is 6.92 Å². The fourth-order valence-electron chi connectivity index (χ4n) is 1.09. The largest absolute Gasteiger partial charge is 0.460 e. The van der Waals surface area contributed by atoms with Gasteiger partial charge in [-0.2, -0.15) is 48.3 Å². The molecule has 0 saturated carbocycles. The molecule has 14 heteroatoms. The number of alkyl halides is 11. The minimum Gasteiger partial charge on any atom is -0.440 e. The summed E-state index contributed by atoms with van der Waals surface area (Å²) < 4.78 is 141. The SMILES string of the molecule is CC(OC(N)=O)C(F)(F)C(F)(F)C(F)(F)C(F)(F)C(F)(F)F. The average Bonchev–Trinajstić information content (AvgIpc) is 2.25. The number of hydrogen-bond acceptors (Lipinski definition) is 2. The lowest BCUT2D eigenvalue weighted by molar-refractivity contribution is -0.427. The summed E-state index contributed by atoms with van der Waals surface area (Å²) in [5, 5.41) is 0. The van der Waals surface area contributed by atoms with Crippen molar-refractivity contribution in [3.8, 4) is 0 Å². The van der Waals surface area contributed by atoms with Crippen molar-refractivity contribution < 1.29 is 57.8 Å². The van der Waals surface area contributed by atoms with E-state index < -0.39 is 42.1 Å². The number of carbonyl (C=O) groups excluding carboxylic acids is 1. The number of amides is 1. The molecule has 0 aliphatic carbocycles. The number of carbonyl (C=O) groups is 1. The van der Waals surface area contributed by atoms with E-state index in [1.807, 2.05) is 0 Å². The number of rotatable bonds is 5. The molecular weight excluding hydrogens is 351 g/mol.